The van der Waals surface area contributed by atoms with Crippen LogP contribution in [-0.4, -0.2) is 48.7 Å². The highest BCUT2D eigenvalue weighted by Crippen LogP contribution is 2.31. The minimum Gasteiger partial charge on any atom is -0.409 e. The maximum Gasteiger partial charge on any atom is 0.173 e. The molecule has 2 fully saturated rings. The lowest BCUT2D eigenvalue weighted by molar-refractivity contribution is 0.248. The molecule has 2 aliphatic rings. The predicted octanol–water partition coefficient (Wildman–Crippen LogP) is 1.97. The summed E-state index contributed by atoms with van der Waals surface area (Å²) in [6.45, 7) is 5.23. The van der Waals surface area contributed by atoms with Gasteiger partial charge in [-0.05, 0) is 30.9 Å². The van der Waals surface area contributed by atoms with E-state index >= 15 is 0 Å². The summed E-state index contributed by atoms with van der Waals surface area (Å²) in [5, 5.41) is 12.6. The van der Waals surface area contributed by atoms with E-state index in [1.54, 1.807) is 6.07 Å². The summed E-state index contributed by atoms with van der Waals surface area (Å²) in [6.07, 6.45) is 2.78. The van der Waals surface area contributed by atoms with Crippen molar-refractivity contribution < 1.29 is 5.21 Å². The van der Waals surface area contributed by atoms with E-state index < -0.39 is 0 Å². The second kappa shape index (κ2) is 6.12. The molecule has 3 N–H and O–H groups in total. The van der Waals surface area contributed by atoms with Gasteiger partial charge >= 0.3 is 0 Å². The Bertz CT molecular complexity index is 536. The molecular formula is C15H21ClN4O. The average Bonchev–Trinajstić information content (AvgIpc) is 3.31. The van der Waals surface area contributed by atoms with E-state index in [0.29, 0.717) is 10.6 Å². The van der Waals surface area contributed by atoms with Crippen molar-refractivity contribution >= 4 is 23.1 Å². The number of halogens is 1. The van der Waals surface area contributed by atoms with Gasteiger partial charge in [0.05, 0.1) is 10.6 Å². The van der Waals surface area contributed by atoms with Gasteiger partial charge in [-0.3, -0.25) is 4.90 Å². The van der Waals surface area contributed by atoms with Gasteiger partial charge in [0, 0.05) is 38.4 Å². The molecule has 0 radical (unpaired) electrons. The number of rotatable bonds is 4. The topological polar surface area (TPSA) is 65.1 Å². The van der Waals surface area contributed by atoms with Crippen LogP contribution in [0.5, 0.6) is 0 Å². The van der Waals surface area contributed by atoms with Crippen LogP contribution in [0.3, 0.4) is 0 Å². The Balaban J connectivity index is 1.74. The van der Waals surface area contributed by atoms with Crippen LogP contribution in [0.1, 0.15) is 18.4 Å². The normalized spacial score (nSPS) is 20.8. The van der Waals surface area contributed by atoms with Gasteiger partial charge in [-0.15, -0.1) is 0 Å². The Morgan fingerprint density at radius 2 is 2.00 bits per heavy atom. The molecule has 21 heavy (non-hydrogen) atoms. The summed E-state index contributed by atoms with van der Waals surface area (Å²) in [5.74, 6) is 0.992. The van der Waals surface area contributed by atoms with Gasteiger partial charge in [-0.2, -0.15) is 0 Å². The molecule has 6 heteroatoms. The minimum atomic E-state index is 0.0658. The maximum absolute atomic E-state index is 8.96. The Morgan fingerprint density at radius 3 is 2.62 bits per heavy atom. The number of hydrogen-bond donors (Lipinski definition) is 2. The molecule has 3 rings (SSSR count). The molecular weight excluding hydrogens is 288 g/mol. The third kappa shape index (κ3) is 3.24. The number of piperazine rings is 1. The Kier molecular flexibility index (Phi) is 4.22. The number of amidine groups is 1. The monoisotopic (exact) mass is 308 g/mol. The molecule has 0 amide bonds. The second-order valence-corrected chi connectivity index (χ2v) is 6.26. The smallest absolute Gasteiger partial charge is 0.173 e. The molecule has 114 valence electrons. The maximum atomic E-state index is 8.96. The largest absolute Gasteiger partial charge is 0.409 e. The van der Waals surface area contributed by atoms with Crippen LogP contribution < -0.4 is 10.6 Å². The van der Waals surface area contributed by atoms with E-state index in [9.17, 15) is 0 Å². The van der Waals surface area contributed by atoms with Crippen molar-refractivity contribution in [1.29, 1.82) is 0 Å². The van der Waals surface area contributed by atoms with Gasteiger partial charge < -0.3 is 15.8 Å². The number of hydrogen-bond acceptors (Lipinski definition) is 4. The lowest BCUT2D eigenvalue weighted by Crippen LogP contribution is -2.47. The Labute approximate surface area is 130 Å². The Morgan fingerprint density at radius 1 is 1.29 bits per heavy atom. The van der Waals surface area contributed by atoms with E-state index in [1.807, 2.05) is 12.1 Å². The van der Waals surface area contributed by atoms with Gasteiger partial charge in [-0.25, -0.2) is 0 Å². The highest BCUT2D eigenvalue weighted by Gasteiger charge is 2.27. The highest BCUT2D eigenvalue weighted by molar-refractivity contribution is 6.34. The van der Waals surface area contributed by atoms with E-state index in [-0.39, 0.29) is 5.84 Å². The van der Waals surface area contributed by atoms with E-state index in [1.165, 1.54) is 19.4 Å². The van der Waals surface area contributed by atoms with Gasteiger partial charge in [0.25, 0.3) is 0 Å². The van der Waals surface area contributed by atoms with Crippen molar-refractivity contribution in [3.05, 3.63) is 28.8 Å². The lowest BCUT2D eigenvalue weighted by atomic mass is 10.1. The second-order valence-electron chi connectivity index (χ2n) is 5.85. The standard InChI is InChI=1S/C15H21ClN4O/c16-12-2-1-3-13(14(12)15(17)18-21)20-8-6-19(7-9-20)10-11-4-5-11/h1-3,11,21H,4-10H2,(H2,17,18). The third-order valence-corrected chi connectivity index (χ3v) is 4.60. The number of oxime groups is 1. The van der Waals surface area contributed by atoms with Crippen LogP contribution >= 0.6 is 11.6 Å². The van der Waals surface area contributed by atoms with Crippen molar-refractivity contribution in [3.8, 4) is 0 Å². The molecule has 1 heterocycles. The fourth-order valence-corrected chi connectivity index (χ4v) is 3.18. The number of nitrogens with two attached hydrogens (primary N) is 1. The van der Waals surface area contributed by atoms with Gasteiger partial charge in [0.1, 0.15) is 0 Å². The molecule has 0 bridgehead atoms. The van der Waals surface area contributed by atoms with Crippen molar-refractivity contribution in [2.24, 2.45) is 16.8 Å². The SMILES string of the molecule is NC(=NO)c1c(Cl)cccc1N1CCN(CC2CC2)CC1. The molecule has 5 nitrogen and oxygen atoms in total. The average molecular weight is 309 g/mol. The summed E-state index contributed by atoms with van der Waals surface area (Å²) in [6, 6.07) is 5.65. The van der Waals surface area contributed by atoms with E-state index in [2.05, 4.69) is 15.0 Å². The Hall–Kier alpha value is -1.46. The quantitative estimate of drug-likeness (QED) is 0.386. The summed E-state index contributed by atoms with van der Waals surface area (Å²) < 4.78 is 0. The molecule has 0 aromatic heterocycles. The first kappa shape index (κ1) is 14.5. The molecule has 0 spiro atoms. The van der Waals surface area contributed by atoms with Crippen LogP contribution in [-0.2, 0) is 0 Å². The van der Waals surface area contributed by atoms with Gasteiger partial charge in [-0.1, -0.05) is 22.8 Å². The number of anilines is 1. The molecule has 1 aliphatic heterocycles. The van der Waals surface area contributed by atoms with Crippen molar-refractivity contribution in [3.63, 3.8) is 0 Å². The van der Waals surface area contributed by atoms with Crippen LogP contribution in [0.4, 0.5) is 5.69 Å². The molecule has 0 unspecified atom stereocenters. The molecule has 1 aromatic rings. The van der Waals surface area contributed by atoms with Crippen LogP contribution in [0.25, 0.3) is 0 Å². The van der Waals surface area contributed by atoms with E-state index in [0.717, 1.165) is 37.8 Å². The molecule has 1 saturated heterocycles. The van der Waals surface area contributed by atoms with Crippen LogP contribution in [0.2, 0.25) is 5.02 Å². The first-order valence-corrected chi connectivity index (χ1v) is 7.80. The van der Waals surface area contributed by atoms with Crippen molar-refractivity contribution in [2.75, 3.05) is 37.6 Å². The number of nitrogens with zero attached hydrogens (tertiary/aromatic N) is 3. The summed E-state index contributed by atoms with van der Waals surface area (Å²) in [4.78, 5) is 4.80. The zero-order chi connectivity index (χ0) is 14.8. The summed E-state index contributed by atoms with van der Waals surface area (Å²) >= 11 is 6.22. The zero-order valence-electron chi connectivity index (χ0n) is 12.0. The highest BCUT2D eigenvalue weighted by atomic mass is 35.5. The zero-order valence-corrected chi connectivity index (χ0v) is 12.8. The first-order chi connectivity index (χ1) is 10.2. The van der Waals surface area contributed by atoms with Crippen molar-refractivity contribution in [1.82, 2.24) is 4.90 Å². The third-order valence-electron chi connectivity index (χ3n) is 4.28. The van der Waals surface area contributed by atoms with Crippen LogP contribution in [0.15, 0.2) is 23.4 Å². The fourth-order valence-electron chi connectivity index (χ4n) is 2.92. The fraction of sp³-hybridized carbons (Fsp3) is 0.533. The molecule has 1 aliphatic carbocycles. The first-order valence-electron chi connectivity index (χ1n) is 7.42. The summed E-state index contributed by atoms with van der Waals surface area (Å²) in [7, 11) is 0. The predicted molar refractivity (Wildman–Crippen MR) is 85.3 cm³/mol. The minimum absolute atomic E-state index is 0.0658. The summed E-state index contributed by atoms with van der Waals surface area (Å²) in [5.41, 5.74) is 7.35. The number of benzene rings is 1. The lowest BCUT2D eigenvalue weighted by Gasteiger charge is -2.37. The van der Waals surface area contributed by atoms with E-state index in [4.69, 9.17) is 22.5 Å². The van der Waals surface area contributed by atoms with Gasteiger partial charge in [0.15, 0.2) is 5.84 Å². The molecule has 0 atom stereocenters. The molecule has 1 saturated carbocycles. The molecule has 1 aromatic carbocycles. The van der Waals surface area contributed by atoms with Crippen molar-refractivity contribution in [2.45, 2.75) is 12.8 Å². The van der Waals surface area contributed by atoms with Gasteiger partial charge in [0.2, 0.25) is 0 Å². The van der Waals surface area contributed by atoms with Crippen LogP contribution in [0, 0.1) is 5.92 Å².